The van der Waals surface area contributed by atoms with E-state index < -0.39 is 28.8 Å². The van der Waals surface area contributed by atoms with E-state index in [4.69, 9.17) is 4.74 Å². The third-order valence-electron chi connectivity index (χ3n) is 2.85. The van der Waals surface area contributed by atoms with Crippen LogP contribution in [0, 0.1) is 24.4 Å². The summed E-state index contributed by atoms with van der Waals surface area (Å²) in [5.41, 5.74) is 0.322. The number of ketones is 1. The molecule has 0 atom stereocenters. The van der Waals surface area contributed by atoms with Crippen molar-refractivity contribution in [3.8, 4) is 5.75 Å². The second kappa shape index (κ2) is 5.36. The molecule has 20 heavy (non-hydrogen) atoms. The summed E-state index contributed by atoms with van der Waals surface area (Å²) in [6, 6.07) is 5.68. The summed E-state index contributed by atoms with van der Waals surface area (Å²) in [6.07, 6.45) is 0. The number of rotatable bonds is 3. The quantitative estimate of drug-likeness (QED) is 0.633. The van der Waals surface area contributed by atoms with Gasteiger partial charge in [-0.1, -0.05) is 11.6 Å². The lowest BCUT2D eigenvalue weighted by atomic mass is 10.00. The van der Waals surface area contributed by atoms with Gasteiger partial charge in [-0.2, -0.15) is 0 Å². The van der Waals surface area contributed by atoms with E-state index in [2.05, 4.69) is 0 Å². The first kappa shape index (κ1) is 14.1. The van der Waals surface area contributed by atoms with Crippen molar-refractivity contribution < 1.29 is 22.7 Å². The van der Waals surface area contributed by atoms with Crippen LogP contribution in [0.5, 0.6) is 5.75 Å². The molecule has 0 saturated heterocycles. The van der Waals surface area contributed by atoms with Gasteiger partial charge in [0, 0.05) is 6.07 Å². The van der Waals surface area contributed by atoms with Gasteiger partial charge in [-0.15, -0.1) is 0 Å². The molecule has 0 N–H and O–H groups in total. The van der Waals surface area contributed by atoms with Gasteiger partial charge in [-0.25, -0.2) is 13.2 Å². The Labute approximate surface area is 113 Å². The molecular weight excluding hydrogens is 269 g/mol. The highest BCUT2D eigenvalue weighted by Crippen LogP contribution is 2.25. The molecule has 0 saturated carbocycles. The van der Waals surface area contributed by atoms with Gasteiger partial charge in [0.2, 0.25) is 0 Å². The Bertz CT molecular complexity index is 681. The summed E-state index contributed by atoms with van der Waals surface area (Å²) in [4.78, 5) is 12.3. The van der Waals surface area contributed by atoms with Gasteiger partial charge in [0.25, 0.3) is 0 Å². The normalized spacial score (nSPS) is 10.4. The van der Waals surface area contributed by atoms with Crippen LogP contribution in [0.3, 0.4) is 0 Å². The zero-order valence-corrected chi connectivity index (χ0v) is 10.8. The van der Waals surface area contributed by atoms with Crippen molar-refractivity contribution >= 4 is 5.78 Å². The summed E-state index contributed by atoms with van der Waals surface area (Å²) in [7, 11) is 1.36. The number of aryl methyl sites for hydroxylation is 1. The molecule has 0 amide bonds. The van der Waals surface area contributed by atoms with Crippen LogP contribution in [0.1, 0.15) is 21.5 Å². The van der Waals surface area contributed by atoms with Crippen LogP contribution in [0.4, 0.5) is 13.2 Å². The molecular formula is C15H11F3O2. The zero-order valence-electron chi connectivity index (χ0n) is 10.8. The van der Waals surface area contributed by atoms with Crippen LogP contribution in [-0.4, -0.2) is 12.9 Å². The topological polar surface area (TPSA) is 26.3 Å². The van der Waals surface area contributed by atoms with Crippen molar-refractivity contribution in [2.75, 3.05) is 7.11 Å². The lowest BCUT2D eigenvalue weighted by molar-refractivity contribution is 0.103. The van der Waals surface area contributed by atoms with Crippen LogP contribution < -0.4 is 4.74 Å². The molecule has 0 aromatic heterocycles. The molecule has 2 aromatic carbocycles. The number of halogens is 3. The fraction of sp³-hybridized carbons (Fsp3) is 0.133. The van der Waals surface area contributed by atoms with Gasteiger partial charge in [0.05, 0.1) is 18.2 Å². The molecule has 0 spiro atoms. The molecule has 0 heterocycles. The van der Waals surface area contributed by atoms with E-state index in [0.29, 0.717) is 12.1 Å². The Morgan fingerprint density at radius 3 is 2.25 bits per heavy atom. The Morgan fingerprint density at radius 2 is 1.60 bits per heavy atom. The van der Waals surface area contributed by atoms with Crippen molar-refractivity contribution in [3.63, 3.8) is 0 Å². The van der Waals surface area contributed by atoms with E-state index in [1.807, 2.05) is 0 Å². The van der Waals surface area contributed by atoms with E-state index >= 15 is 0 Å². The first-order chi connectivity index (χ1) is 9.43. The summed E-state index contributed by atoms with van der Waals surface area (Å²) in [6.45, 7) is 1.75. The molecule has 0 bridgehead atoms. The minimum atomic E-state index is -1.34. The first-order valence-electron chi connectivity index (χ1n) is 5.78. The monoisotopic (exact) mass is 280 g/mol. The van der Waals surface area contributed by atoms with Crippen LogP contribution in [-0.2, 0) is 0 Å². The lowest BCUT2D eigenvalue weighted by Crippen LogP contribution is -2.08. The molecule has 5 heteroatoms. The summed E-state index contributed by atoms with van der Waals surface area (Å²) >= 11 is 0. The second-order valence-electron chi connectivity index (χ2n) is 4.28. The smallest absolute Gasteiger partial charge is 0.199 e. The standard InChI is InChI=1S/C15H11F3O2/c1-8-3-4-14(20-2)10(5-8)15(19)9-6-12(17)13(18)7-11(9)16/h3-7H,1-2H3. The number of carbonyl (C=O) groups excluding carboxylic acids is 1. The van der Waals surface area contributed by atoms with E-state index in [9.17, 15) is 18.0 Å². The van der Waals surface area contributed by atoms with Gasteiger partial charge in [-0.05, 0) is 25.1 Å². The van der Waals surface area contributed by atoms with E-state index in [0.717, 1.165) is 5.56 Å². The van der Waals surface area contributed by atoms with Gasteiger partial charge in [0.15, 0.2) is 17.4 Å². The molecule has 0 fully saturated rings. The van der Waals surface area contributed by atoms with E-state index in [1.165, 1.54) is 13.2 Å². The summed E-state index contributed by atoms with van der Waals surface area (Å²) in [5, 5.41) is 0. The van der Waals surface area contributed by atoms with Gasteiger partial charge in [-0.3, -0.25) is 4.79 Å². The molecule has 0 radical (unpaired) electrons. The maximum absolute atomic E-state index is 13.6. The molecule has 2 rings (SSSR count). The largest absolute Gasteiger partial charge is 0.496 e. The lowest BCUT2D eigenvalue weighted by Gasteiger charge is -2.09. The summed E-state index contributed by atoms with van der Waals surface area (Å²) < 4.78 is 44.7. The maximum atomic E-state index is 13.6. The molecule has 0 aliphatic heterocycles. The van der Waals surface area contributed by atoms with Crippen LogP contribution in [0.25, 0.3) is 0 Å². The highest BCUT2D eigenvalue weighted by molar-refractivity contribution is 6.11. The Morgan fingerprint density at radius 1 is 0.950 bits per heavy atom. The predicted octanol–water partition coefficient (Wildman–Crippen LogP) is 3.65. The minimum absolute atomic E-state index is 0.0948. The zero-order chi connectivity index (χ0) is 14.9. The number of methoxy groups -OCH3 is 1. The third kappa shape index (κ3) is 2.52. The summed E-state index contributed by atoms with van der Waals surface area (Å²) in [5.74, 6) is -4.25. The van der Waals surface area contributed by atoms with Crippen LogP contribution >= 0.6 is 0 Å². The number of carbonyl (C=O) groups is 1. The predicted molar refractivity (Wildman–Crippen MR) is 67.5 cm³/mol. The number of ether oxygens (including phenoxy) is 1. The Hall–Kier alpha value is -2.30. The maximum Gasteiger partial charge on any atom is 0.199 e. The Balaban J connectivity index is 2.57. The van der Waals surface area contributed by atoms with Gasteiger partial charge >= 0.3 is 0 Å². The SMILES string of the molecule is COc1ccc(C)cc1C(=O)c1cc(F)c(F)cc1F. The van der Waals surface area contributed by atoms with Crippen molar-refractivity contribution in [1.29, 1.82) is 0 Å². The molecule has 0 unspecified atom stereocenters. The molecule has 0 aliphatic rings. The van der Waals surface area contributed by atoms with Crippen molar-refractivity contribution in [2.45, 2.75) is 6.92 Å². The average molecular weight is 280 g/mol. The van der Waals surface area contributed by atoms with E-state index in [-0.39, 0.29) is 11.3 Å². The van der Waals surface area contributed by atoms with Crippen LogP contribution in [0.15, 0.2) is 30.3 Å². The minimum Gasteiger partial charge on any atom is -0.496 e. The third-order valence-corrected chi connectivity index (χ3v) is 2.85. The highest BCUT2D eigenvalue weighted by Gasteiger charge is 2.20. The van der Waals surface area contributed by atoms with E-state index in [1.54, 1.807) is 19.1 Å². The van der Waals surface area contributed by atoms with Crippen molar-refractivity contribution in [1.82, 2.24) is 0 Å². The molecule has 104 valence electrons. The average Bonchev–Trinajstić information content (AvgIpc) is 2.42. The van der Waals surface area contributed by atoms with Gasteiger partial charge in [0.1, 0.15) is 11.6 Å². The second-order valence-corrected chi connectivity index (χ2v) is 4.28. The first-order valence-corrected chi connectivity index (χ1v) is 5.78. The van der Waals surface area contributed by atoms with Crippen molar-refractivity contribution in [2.24, 2.45) is 0 Å². The molecule has 2 nitrogen and oxygen atoms in total. The van der Waals surface area contributed by atoms with Crippen molar-refractivity contribution in [3.05, 3.63) is 64.5 Å². The Kier molecular flexibility index (Phi) is 3.79. The molecule has 2 aromatic rings. The fourth-order valence-corrected chi connectivity index (χ4v) is 1.84. The van der Waals surface area contributed by atoms with Gasteiger partial charge < -0.3 is 4.74 Å². The molecule has 0 aliphatic carbocycles. The fourth-order valence-electron chi connectivity index (χ4n) is 1.84. The number of hydrogen-bond donors (Lipinski definition) is 0. The number of hydrogen-bond acceptors (Lipinski definition) is 2. The van der Waals surface area contributed by atoms with Crippen LogP contribution in [0.2, 0.25) is 0 Å². The highest BCUT2D eigenvalue weighted by atomic mass is 19.2. The number of benzene rings is 2.